The number of amides is 1. The standard InChI is InChI=1S/C18H20N4O/c1-4-22-8-7-20-18(22)16-9-12(2)14-10-13(11-17(23)19-3)5-6-15(14)21-16/h5-10H,4,11H2,1-3H3,(H,19,23). The van der Waals surface area contributed by atoms with Gasteiger partial charge in [0.1, 0.15) is 5.69 Å². The average Bonchev–Trinajstić information content (AvgIpc) is 3.03. The Kier molecular flexibility index (Phi) is 4.10. The zero-order valence-corrected chi connectivity index (χ0v) is 13.6. The Hall–Kier alpha value is -2.69. The fraction of sp³-hybridized carbons (Fsp3) is 0.278. The van der Waals surface area contributed by atoms with Crippen molar-refractivity contribution in [2.45, 2.75) is 26.8 Å². The van der Waals surface area contributed by atoms with Crippen molar-refractivity contribution in [2.24, 2.45) is 0 Å². The van der Waals surface area contributed by atoms with Crippen molar-refractivity contribution in [1.82, 2.24) is 19.9 Å². The van der Waals surface area contributed by atoms with E-state index in [1.165, 1.54) is 0 Å². The maximum atomic E-state index is 11.5. The summed E-state index contributed by atoms with van der Waals surface area (Å²) in [6.45, 7) is 5.01. The molecule has 0 fully saturated rings. The fourth-order valence-electron chi connectivity index (χ4n) is 2.74. The Morgan fingerprint density at radius 1 is 1.30 bits per heavy atom. The second-order valence-electron chi connectivity index (χ2n) is 5.56. The van der Waals surface area contributed by atoms with Crippen molar-refractivity contribution in [3.63, 3.8) is 0 Å². The van der Waals surface area contributed by atoms with Gasteiger partial charge >= 0.3 is 0 Å². The summed E-state index contributed by atoms with van der Waals surface area (Å²) in [6.07, 6.45) is 4.14. The second-order valence-corrected chi connectivity index (χ2v) is 5.56. The number of imidazole rings is 1. The number of fused-ring (bicyclic) bond motifs is 1. The third kappa shape index (κ3) is 2.95. The summed E-state index contributed by atoms with van der Waals surface area (Å²) >= 11 is 0. The van der Waals surface area contributed by atoms with Gasteiger partial charge in [0.2, 0.25) is 5.91 Å². The third-order valence-electron chi connectivity index (χ3n) is 4.01. The minimum Gasteiger partial charge on any atom is -0.359 e. The summed E-state index contributed by atoms with van der Waals surface area (Å²) in [7, 11) is 1.65. The topological polar surface area (TPSA) is 59.8 Å². The molecule has 5 nitrogen and oxygen atoms in total. The van der Waals surface area contributed by atoms with Gasteiger partial charge in [-0.05, 0) is 43.2 Å². The lowest BCUT2D eigenvalue weighted by Gasteiger charge is -2.09. The second kappa shape index (κ2) is 6.20. The molecule has 2 aromatic heterocycles. The van der Waals surface area contributed by atoms with E-state index in [2.05, 4.69) is 34.8 Å². The molecule has 0 saturated carbocycles. The van der Waals surface area contributed by atoms with E-state index in [4.69, 9.17) is 4.98 Å². The van der Waals surface area contributed by atoms with Crippen LogP contribution < -0.4 is 5.32 Å². The molecule has 0 unspecified atom stereocenters. The minimum atomic E-state index is 0.0107. The van der Waals surface area contributed by atoms with Gasteiger partial charge in [0.15, 0.2) is 5.82 Å². The first kappa shape index (κ1) is 15.2. The molecule has 0 spiro atoms. The molecule has 1 aromatic carbocycles. The van der Waals surface area contributed by atoms with Crippen molar-refractivity contribution >= 4 is 16.8 Å². The summed E-state index contributed by atoms with van der Waals surface area (Å²) in [5, 5.41) is 3.72. The minimum absolute atomic E-state index is 0.0107. The van der Waals surface area contributed by atoms with Crippen molar-refractivity contribution in [3.8, 4) is 11.5 Å². The van der Waals surface area contributed by atoms with Gasteiger partial charge in [0.25, 0.3) is 0 Å². The Morgan fingerprint density at radius 3 is 2.87 bits per heavy atom. The Bertz CT molecular complexity index is 867. The largest absolute Gasteiger partial charge is 0.359 e. The third-order valence-corrected chi connectivity index (χ3v) is 4.01. The van der Waals surface area contributed by atoms with Gasteiger partial charge < -0.3 is 9.88 Å². The van der Waals surface area contributed by atoms with E-state index in [1.54, 1.807) is 13.2 Å². The van der Waals surface area contributed by atoms with E-state index in [1.807, 2.05) is 24.4 Å². The van der Waals surface area contributed by atoms with E-state index in [0.29, 0.717) is 6.42 Å². The zero-order chi connectivity index (χ0) is 16.4. The number of aryl methyl sites for hydroxylation is 2. The summed E-state index contributed by atoms with van der Waals surface area (Å²) in [6, 6.07) is 8.03. The molecule has 0 aliphatic carbocycles. The fourth-order valence-corrected chi connectivity index (χ4v) is 2.74. The van der Waals surface area contributed by atoms with Gasteiger partial charge in [-0.1, -0.05) is 6.07 Å². The zero-order valence-electron chi connectivity index (χ0n) is 13.6. The van der Waals surface area contributed by atoms with Crippen molar-refractivity contribution in [3.05, 3.63) is 47.8 Å². The normalized spacial score (nSPS) is 10.9. The van der Waals surface area contributed by atoms with Crippen molar-refractivity contribution in [1.29, 1.82) is 0 Å². The summed E-state index contributed by atoms with van der Waals surface area (Å²) in [5.74, 6) is 0.892. The SMILES string of the molecule is CCn1ccnc1-c1cc(C)c2cc(CC(=O)NC)ccc2n1. The number of carbonyl (C=O) groups is 1. The van der Waals surface area contributed by atoms with Crippen LogP contribution in [0.25, 0.3) is 22.4 Å². The first-order valence-corrected chi connectivity index (χ1v) is 7.74. The molecule has 23 heavy (non-hydrogen) atoms. The summed E-state index contributed by atoms with van der Waals surface area (Å²) in [5.41, 5.74) is 3.92. The molecule has 5 heteroatoms. The molecular weight excluding hydrogens is 288 g/mol. The highest BCUT2D eigenvalue weighted by molar-refractivity contribution is 5.86. The number of aromatic nitrogens is 3. The highest BCUT2D eigenvalue weighted by atomic mass is 16.1. The number of hydrogen-bond donors (Lipinski definition) is 1. The monoisotopic (exact) mass is 308 g/mol. The molecule has 0 aliphatic heterocycles. The Labute approximate surface area is 135 Å². The Morgan fingerprint density at radius 2 is 2.13 bits per heavy atom. The van der Waals surface area contributed by atoms with Gasteiger partial charge in [0, 0.05) is 31.4 Å². The highest BCUT2D eigenvalue weighted by Crippen LogP contribution is 2.24. The van der Waals surface area contributed by atoms with Gasteiger partial charge in [0.05, 0.1) is 11.9 Å². The molecule has 3 rings (SSSR count). The number of nitrogens with one attached hydrogen (secondary N) is 1. The van der Waals surface area contributed by atoms with E-state index in [0.717, 1.165) is 40.1 Å². The summed E-state index contributed by atoms with van der Waals surface area (Å²) in [4.78, 5) is 20.7. The number of rotatable bonds is 4. The van der Waals surface area contributed by atoms with Crippen LogP contribution in [0.2, 0.25) is 0 Å². The number of nitrogens with zero attached hydrogens (tertiary/aromatic N) is 3. The van der Waals surface area contributed by atoms with E-state index >= 15 is 0 Å². The lowest BCUT2D eigenvalue weighted by atomic mass is 10.0. The molecule has 3 aromatic rings. The lowest BCUT2D eigenvalue weighted by Crippen LogP contribution is -2.19. The van der Waals surface area contributed by atoms with E-state index in [-0.39, 0.29) is 5.91 Å². The predicted octanol–water partition coefficient (Wildman–Crippen LogP) is 2.72. The predicted molar refractivity (Wildman–Crippen MR) is 91.1 cm³/mol. The number of pyridine rings is 1. The number of hydrogen-bond acceptors (Lipinski definition) is 3. The van der Waals surface area contributed by atoms with Crippen LogP contribution in [0.3, 0.4) is 0 Å². The molecule has 0 radical (unpaired) electrons. The molecule has 0 bridgehead atoms. The number of benzene rings is 1. The van der Waals surface area contributed by atoms with Crippen LogP contribution in [0, 0.1) is 6.92 Å². The van der Waals surface area contributed by atoms with Gasteiger partial charge in [-0.3, -0.25) is 4.79 Å². The number of carbonyl (C=O) groups excluding carboxylic acids is 1. The summed E-state index contributed by atoms with van der Waals surface area (Å²) < 4.78 is 2.08. The van der Waals surface area contributed by atoms with Crippen LogP contribution in [-0.2, 0) is 17.8 Å². The van der Waals surface area contributed by atoms with Crippen LogP contribution in [0.5, 0.6) is 0 Å². The first-order valence-electron chi connectivity index (χ1n) is 7.74. The molecule has 118 valence electrons. The van der Waals surface area contributed by atoms with Crippen LogP contribution in [0.4, 0.5) is 0 Å². The lowest BCUT2D eigenvalue weighted by molar-refractivity contribution is -0.119. The first-order chi connectivity index (χ1) is 11.1. The highest BCUT2D eigenvalue weighted by Gasteiger charge is 2.11. The maximum absolute atomic E-state index is 11.5. The van der Waals surface area contributed by atoms with Crippen molar-refractivity contribution < 1.29 is 4.79 Å². The molecular formula is C18H20N4O. The van der Waals surface area contributed by atoms with Crippen LogP contribution in [0.15, 0.2) is 36.7 Å². The van der Waals surface area contributed by atoms with Crippen molar-refractivity contribution in [2.75, 3.05) is 7.05 Å². The van der Waals surface area contributed by atoms with Gasteiger partial charge in [-0.25, -0.2) is 9.97 Å². The van der Waals surface area contributed by atoms with Gasteiger partial charge in [-0.15, -0.1) is 0 Å². The van der Waals surface area contributed by atoms with Crippen LogP contribution >= 0.6 is 0 Å². The number of likely N-dealkylation sites (N-methyl/N-ethyl adjacent to an activating group) is 1. The molecule has 0 atom stereocenters. The van der Waals surface area contributed by atoms with Crippen LogP contribution in [0.1, 0.15) is 18.1 Å². The van der Waals surface area contributed by atoms with E-state index in [9.17, 15) is 4.79 Å². The molecule has 0 saturated heterocycles. The molecule has 1 N–H and O–H groups in total. The van der Waals surface area contributed by atoms with Gasteiger partial charge in [-0.2, -0.15) is 0 Å². The maximum Gasteiger partial charge on any atom is 0.224 e. The van der Waals surface area contributed by atoms with Crippen LogP contribution in [-0.4, -0.2) is 27.5 Å². The smallest absolute Gasteiger partial charge is 0.224 e. The quantitative estimate of drug-likeness (QED) is 0.806. The molecule has 1 amide bonds. The molecule has 0 aliphatic rings. The average molecular weight is 308 g/mol. The molecule has 2 heterocycles. The Balaban J connectivity index is 2.06. The van der Waals surface area contributed by atoms with E-state index < -0.39 is 0 Å².